The highest BCUT2D eigenvalue weighted by atomic mass is 16.8. The molecule has 0 saturated carbocycles. The molecule has 0 aromatic carbocycles. The van der Waals surface area contributed by atoms with Crippen LogP contribution in [0, 0.1) is 23.7 Å². The predicted molar refractivity (Wildman–Crippen MR) is 157 cm³/mol. The van der Waals surface area contributed by atoms with Crippen molar-refractivity contribution in [1.29, 1.82) is 0 Å². The number of rotatable bonds is 6. The van der Waals surface area contributed by atoms with Gasteiger partial charge in [0.15, 0.2) is 18.0 Å². The average Bonchev–Trinajstić information content (AvgIpc) is 3.42. The predicted octanol–water partition coefficient (Wildman–Crippen LogP) is 3.45. The van der Waals surface area contributed by atoms with Gasteiger partial charge in [0.2, 0.25) is 0 Å². The molecule has 252 valence electrons. The van der Waals surface area contributed by atoms with Gasteiger partial charge in [-0.05, 0) is 67.0 Å². The number of hydrogen-bond donors (Lipinski definition) is 1. The van der Waals surface area contributed by atoms with Crippen LogP contribution in [0.2, 0.25) is 0 Å². The maximum atomic E-state index is 13.7. The van der Waals surface area contributed by atoms with Crippen molar-refractivity contribution in [3.63, 3.8) is 0 Å². The molecule has 15 atom stereocenters. The molecule has 0 aromatic rings. The number of hydrogen-bond acceptors (Lipinski definition) is 12. The van der Waals surface area contributed by atoms with Crippen LogP contribution in [0.5, 0.6) is 0 Å². The first-order valence-electron chi connectivity index (χ1n) is 16.0. The van der Waals surface area contributed by atoms with Crippen LogP contribution in [0.4, 0.5) is 4.79 Å². The number of aliphatic hydroxyl groups is 1. The maximum absolute atomic E-state index is 13.7. The third-order valence-corrected chi connectivity index (χ3v) is 10.4. The second kappa shape index (κ2) is 13.0. The van der Waals surface area contributed by atoms with Crippen LogP contribution in [0.1, 0.15) is 81.6 Å². The van der Waals surface area contributed by atoms with Gasteiger partial charge in [-0.15, -0.1) is 0 Å². The van der Waals surface area contributed by atoms with Crippen molar-refractivity contribution in [3.8, 4) is 0 Å². The Morgan fingerprint density at radius 1 is 1.07 bits per heavy atom. The summed E-state index contributed by atoms with van der Waals surface area (Å²) in [6.07, 6.45) is -4.90. The van der Waals surface area contributed by atoms with Gasteiger partial charge in [0.05, 0.1) is 42.0 Å². The quantitative estimate of drug-likeness (QED) is 0.341. The van der Waals surface area contributed by atoms with Gasteiger partial charge in [0.25, 0.3) is 0 Å². The lowest BCUT2D eigenvalue weighted by molar-refractivity contribution is -0.303. The Bertz CT molecular complexity index is 1070. The zero-order chi connectivity index (χ0) is 32.9. The Morgan fingerprint density at radius 2 is 1.73 bits per heavy atom. The Kier molecular flexibility index (Phi) is 10.3. The van der Waals surface area contributed by atoms with Gasteiger partial charge >= 0.3 is 18.1 Å². The monoisotopic (exact) mass is 627 g/mol. The van der Waals surface area contributed by atoms with Crippen molar-refractivity contribution in [2.24, 2.45) is 23.7 Å². The molecule has 0 spiro atoms. The van der Waals surface area contributed by atoms with Crippen molar-refractivity contribution in [2.45, 2.75) is 148 Å². The van der Waals surface area contributed by atoms with Gasteiger partial charge in [0.1, 0.15) is 12.2 Å². The van der Waals surface area contributed by atoms with Crippen LogP contribution in [0.3, 0.4) is 0 Å². The summed E-state index contributed by atoms with van der Waals surface area (Å²) < 4.78 is 43.1. The summed E-state index contributed by atoms with van der Waals surface area (Å²) in [6.45, 7) is 16.3. The number of fused-ring (bicyclic) bond motifs is 2. The second-order valence-electron chi connectivity index (χ2n) is 14.2. The fourth-order valence-corrected chi connectivity index (χ4v) is 8.12. The third-order valence-electron chi connectivity index (χ3n) is 10.4. The minimum atomic E-state index is -1.26. The molecule has 0 aliphatic carbocycles. The molecular weight excluding hydrogens is 574 g/mol. The van der Waals surface area contributed by atoms with Crippen LogP contribution in [0.25, 0.3) is 0 Å². The standard InChI is InChI=1S/C32H53NO11/c1-12-22-32(9,44-30(37)40-22)27-19(6)24-15(2)14-31(8,43-24)26(17(4)23(35)18(5)28(36)41-27)42-29-25(39-20(7)34)21(33(10)11)13-16(3)38-29/h15-19,21-27,29,35H,12-14H2,1-11H3/t15?,16?,17-,18+,19-,21?,22+,23-,24?,25?,26+,27+,29-,31+,32+/m0/s1. The van der Waals surface area contributed by atoms with Crippen LogP contribution >= 0.6 is 0 Å². The summed E-state index contributed by atoms with van der Waals surface area (Å²) in [4.78, 5) is 40.2. The Hall–Kier alpha value is -1.99. The minimum Gasteiger partial charge on any atom is -0.457 e. The van der Waals surface area contributed by atoms with E-state index in [0.29, 0.717) is 19.3 Å². The SMILES string of the molecule is CC[C@H]1OC(=O)O[C@@]1(C)[C@@H]1OC(=O)[C@H](C)[C@@H](O)[C@H](C)[C@@H](O[C@@H]2OC(C)CC(N(C)C)C2OC(C)=O)[C@@]2(C)CC(C)C(O2)[C@@H]1C. The number of carbonyl (C=O) groups is 3. The normalized spacial score (nSPS) is 48.2. The minimum absolute atomic E-state index is 0.0183. The van der Waals surface area contributed by atoms with Crippen LogP contribution in [-0.2, 0) is 42.7 Å². The number of cyclic esters (lactones) is 3. The highest BCUT2D eigenvalue weighted by Gasteiger charge is 2.61. The van der Waals surface area contributed by atoms with E-state index in [4.69, 9.17) is 33.2 Å². The topological polar surface area (TPSA) is 139 Å². The molecule has 0 amide bonds. The van der Waals surface area contributed by atoms with Crippen molar-refractivity contribution in [2.75, 3.05) is 14.1 Å². The largest absolute Gasteiger partial charge is 0.509 e. The highest BCUT2D eigenvalue weighted by Crippen LogP contribution is 2.49. The molecule has 4 fully saturated rings. The summed E-state index contributed by atoms with van der Waals surface area (Å²) in [5.74, 6) is -3.08. The van der Waals surface area contributed by atoms with E-state index in [0.717, 1.165) is 0 Å². The van der Waals surface area contributed by atoms with E-state index in [9.17, 15) is 19.5 Å². The molecule has 1 N–H and O–H groups in total. The molecule has 4 rings (SSSR count). The molecular formula is C32H53NO11. The fraction of sp³-hybridized carbons (Fsp3) is 0.906. The number of nitrogens with zero attached hydrogens (tertiary/aromatic N) is 1. The van der Waals surface area contributed by atoms with Crippen molar-refractivity contribution < 1.29 is 52.6 Å². The molecule has 0 aromatic heterocycles. The lowest BCUT2D eigenvalue weighted by Crippen LogP contribution is -2.59. The van der Waals surface area contributed by atoms with Gasteiger partial charge in [-0.3, -0.25) is 9.59 Å². The van der Waals surface area contributed by atoms with Crippen molar-refractivity contribution in [3.05, 3.63) is 0 Å². The molecule has 5 unspecified atom stereocenters. The molecule has 4 heterocycles. The molecule has 2 bridgehead atoms. The molecule has 4 saturated heterocycles. The summed E-state index contributed by atoms with van der Waals surface area (Å²) in [7, 11) is 3.84. The van der Waals surface area contributed by atoms with Crippen molar-refractivity contribution in [1.82, 2.24) is 4.90 Å². The summed E-state index contributed by atoms with van der Waals surface area (Å²) >= 11 is 0. The van der Waals surface area contributed by atoms with Gasteiger partial charge in [0, 0.05) is 18.8 Å². The van der Waals surface area contributed by atoms with Gasteiger partial charge < -0.3 is 43.2 Å². The zero-order valence-electron chi connectivity index (χ0n) is 28.1. The van der Waals surface area contributed by atoms with Crippen LogP contribution in [-0.4, -0.2) is 108 Å². The molecule has 0 radical (unpaired) electrons. The first-order valence-corrected chi connectivity index (χ1v) is 16.0. The van der Waals surface area contributed by atoms with E-state index in [1.807, 2.05) is 53.6 Å². The Balaban J connectivity index is 1.75. The van der Waals surface area contributed by atoms with E-state index in [-0.39, 0.29) is 18.1 Å². The third kappa shape index (κ3) is 6.47. The van der Waals surface area contributed by atoms with E-state index < -0.39 is 90.0 Å². The average molecular weight is 628 g/mol. The maximum Gasteiger partial charge on any atom is 0.509 e. The van der Waals surface area contributed by atoms with Gasteiger partial charge in [-0.2, -0.15) is 0 Å². The summed E-state index contributed by atoms with van der Waals surface area (Å²) in [5, 5.41) is 11.7. The first kappa shape index (κ1) is 34.9. The van der Waals surface area contributed by atoms with Gasteiger partial charge in [-0.25, -0.2) is 4.79 Å². The van der Waals surface area contributed by atoms with E-state index in [2.05, 4.69) is 6.92 Å². The highest BCUT2D eigenvalue weighted by molar-refractivity contribution is 5.73. The van der Waals surface area contributed by atoms with E-state index in [1.165, 1.54) is 6.92 Å². The summed E-state index contributed by atoms with van der Waals surface area (Å²) in [5.41, 5.74) is -2.18. The van der Waals surface area contributed by atoms with E-state index >= 15 is 0 Å². The first-order chi connectivity index (χ1) is 20.4. The smallest absolute Gasteiger partial charge is 0.457 e. The number of aliphatic hydroxyl groups excluding tert-OH is 1. The lowest BCUT2D eigenvalue weighted by atomic mass is 9.76. The summed E-state index contributed by atoms with van der Waals surface area (Å²) in [6, 6.07) is -0.169. The fourth-order valence-electron chi connectivity index (χ4n) is 8.12. The Labute approximate surface area is 261 Å². The number of likely N-dealkylation sites (N-methyl/N-ethyl adjacent to an activating group) is 1. The van der Waals surface area contributed by atoms with Gasteiger partial charge in [-0.1, -0.05) is 27.7 Å². The van der Waals surface area contributed by atoms with Crippen LogP contribution in [0.15, 0.2) is 0 Å². The second-order valence-corrected chi connectivity index (χ2v) is 14.2. The Morgan fingerprint density at radius 3 is 2.32 bits per heavy atom. The molecule has 44 heavy (non-hydrogen) atoms. The molecule has 4 aliphatic heterocycles. The number of esters is 2. The molecule has 12 heteroatoms. The zero-order valence-corrected chi connectivity index (χ0v) is 28.1. The number of ether oxygens (including phenoxy) is 7. The van der Waals surface area contributed by atoms with Crippen LogP contribution < -0.4 is 0 Å². The van der Waals surface area contributed by atoms with Crippen molar-refractivity contribution >= 4 is 18.1 Å². The number of carbonyl (C=O) groups excluding carboxylic acids is 3. The lowest BCUT2D eigenvalue weighted by Gasteiger charge is -2.47. The molecule has 4 aliphatic rings. The molecule has 12 nitrogen and oxygen atoms in total. The van der Waals surface area contributed by atoms with E-state index in [1.54, 1.807) is 13.8 Å².